The molecule has 0 saturated carbocycles. The first-order chi connectivity index (χ1) is 14.4. The summed E-state index contributed by atoms with van der Waals surface area (Å²) in [5.74, 6) is -1.45. The van der Waals surface area contributed by atoms with Crippen molar-refractivity contribution in [1.29, 1.82) is 0 Å². The minimum atomic E-state index is -0.668. The topological polar surface area (TPSA) is 60.9 Å². The molecule has 1 unspecified atom stereocenters. The minimum absolute atomic E-state index is 0.103. The van der Waals surface area contributed by atoms with E-state index in [9.17, 15) is 14.7 Å². The second-order valence-electron chi connectivity index (χ2n) is 7.27. The van der Waals surface area contributed by atoms with Crippen LogP contribution in [0.3, 0.4) is 0 Å². The van der Waals surface area contributed by atoms with E-state index in [-0.39, 0.29) is 11.3 Å². The number of rotatable bonds is 7. The van der Waals surface area contributed by atoms with Gasteiger partial charge in [0.2, 0.25) is 0 Å². The second-order valence-corrected chi connectivity index (χ2v) is 7.70. The van der Waals surface area contributed by atoms with E-state index in [4.69, 9.17) is 11.6 Å². The van der Waals surface area contributed by atoms with Crippen LogP contribution in [-0.2, 0) is 9.59 Å². The van der Waals surface area contributed by atoms with Crippen molar-refractivity contribution in [3.8, 4) is 0 Å². The molecule has 1 saturated heterocycles. The molecule has 2 aromatic rings. The Morgan fingerprint density at radius 3 is 2.30 bits per heavy atom. The normalized spacial score (nSPS) is 18.1. The smallest absolute Gasteiger partial charge is 0.295 e. The maximum Gasteiger partial charge on any atom is 0.295 e. The number of likely N-dealkylation sites (tertiary alicyclic amines) is 1. The Hall–Kier alpha value is -2.79. The molecule has 1 atom stereocenters. The summed E-state index contributed by atoms with van der Waals surface area (Å²) < 4.78 is 0. The number of amides is 1. The standard InChI is InChI=1S/C24H27ClN2O3/c1-4-14-27-21(16-10-12-19(13-11-16)26(5-2)6-3)20(23(29)24(27)30)22(28)17-8-7-9-18(25)15-17/h7-13,15,21,28H,4-6,14H2,1-3H3/b22-20-. The van der Waals surface area contributed by atoms with Crippen molar-refractivity contribution in [3.63, 3.8) is 0 Å². The molecule has 0 spiro atoms. The fraction of sp³-hybridized carbons (Fsp3) is 0.333. The van der Waals surface area contributed by atoms with E-state index in [1.54, 1.807) is 29.2 Å². The molecular formula is C24H27ClN2O3. The summed E-state index contributed by atoms with van der Waals surface area (Å²) >= 11 is 6.07. The molecule has 1 N–H and O–H groups in total. The Balaban J connectivity index is 2.12. The molecule has 158 valence electrons. The molecule has 0 aliphatic carbocycles. The lowest BCUT2D eigenvalue weighted by Gasteiger charge is -2.26. The minimum Gasteiger partial charge on any atom is -0.507 e. The van der Waals surface area contributed by atoms with Crippen LogP contribution in [-0.4, -0.2) is 41.3 Å². The van der Waals surface area contributed by atoms with Crippen LogP contribution >= 0.6 is 11.6 Å². The molecule has 2 aromatic carbocycles. The first-order valence-corrected chi connectivity index (χ1v) is 10.7. The van der Waals surface area contributed by atoms with Gasteiger partial charge < -0.3 is 14.9 Å². The van der Waals surface area contributed by atoms with Crippen LogP contribution in [0.25, 0.3) is 5.76 Å². The van der Waals surface area contributed by atoms with Gasteiger partial charge in [-0.1, -0.05) is 42.8 Å². The number of benzene rings is 2. The largest absolute Gasteiger partial charge is 0.507 e. The van der Waals surface area contributed by atoms with Crippen LogP contribution in [0.15, 0.2) is 54.1 Å². The second kappa shape index (κ2) is 9.35. The fourth-order valence-electron chi connectivity index (χ4n) is 3.95. The van der Waals surface area contributed by atoms with Gasteiger partial charge in [-0.05, 0) is 50.1 Å². The highest BCUT2D eigenvalue weighted by molar-refractivity contribution is 6.46. The summed E-state index contributed by atoms with van der Waals surface area (Å²) in [5.41, 5.74) is 2.39. The number of Topliss-reactive ketones (excluding diaryl/α,β-unsaturated/α-hetero) is 1. The molecule has 1 fully saturated rings. The van der Waals surface area contributed by atoms with Gasteiger partial charge >= 0.3 is 0 Å². The summed E-state index contributed by atoms with van der Waals surface area (Å²) in [5, 5.41) is 11.4. The molecule has 30 heavy (non-hydrogen) atoms. The van der Waals surface area contributed by atoms with E-state index in [2.05, 4.69) is 18.7 Å². The first kappa shape index (κ1) is 21.9. The Bertz CT molecular complexity index is 965. The maximum atomic E-state index is 12.9. The number of aliphatic hydroxyl groups excluding tert-OH is 1. The molecule has 1 aliphatic rings. The predicted molar refractivity (Wildman–Crippen MR) is 121 cm³/mol. The van der Waals surface area contributed by atoms with Crippen molar-refractivity contribution in [2.75, 3.05) is 24.5 Å². The van der Waals surface area contributed by atoms with Gasteiger partial charge in [-0.25, -0.2) is 0 Å². The Morgan fingerprint density at radius 1 is 1.07 bits per heavy atom. The molecule has 0 radical (unpaired) electrons. The lowest BCUT2D eigenvalue weighted by Crippen LogP contribution is -2.30. The zero-order chi connectivity index (χ0) is 21.8. The third kappa shape index (κ3) is 4.08. The highest BCUT2D eigenvalue weighted by atomic mass is 35.5. The van der Waals surface area contributed by atoms with Crippen molar-refractivity contribution >= 4 is 34.7 Å². The highest BCUT2D eigenvalue weighted by Crippen LogP contribution is 2.40. The third-order valence-electron chi connectivity index (χ3n) is 5.44. The van der Waals surface area contributed by atoms with Crippen LogP contribution in [0.4, 0.5) is 5.69 Å². The number of halogens is 1. The number of hydrogen-bond acceptors (Lipinski definition) is 4. The number of carbonyl (C=O) groups is 2. The maximum absolute atomic E-state index is 12.9. The molecule has 6 heteroatoms. The summed E-state index contributed by atoms with van der Waals surface area (Å²) in [7, 11) is 0. The van der Waals surface area contributed by atoms with Gasteiger partial charge in [0.25, 0.3) is 11.7 Å². The van der Waals surface area contributed by atoms with Gasteiger partial charge in [0.1, 0.15) is 5.76 Å². The number of hydrogen-bond donors (Lipinski definition) is 1. The molecule has 1 amide bonds. The monoisotopic (exact) mass is 426 g/mol. The average molecular weight is 427 g/mol. The SMILES string of the molecule is CCCN1C(=O)C(=O)/C(=C(\O)c2cccc(Cl)c2)C1c1ccc(N(CC)CC)cc1. The molecule has 3 rings (SSSR count). The average Bonchev–Trinajstić information content (AvgIpc) is 3.00. The quantitative estimate of drug-likeness (QED) is 0.383. The van der Waals surface area contributed by atoms with E-state index in [1.165, 1.54) is 0 Å². The van der Waals surface area contributed by atoms with Crippen LogP contribution in [0, 0.1) is 0 Å². The van der Waals surface area contributed by atoms with Crippen molar-refractivity contribution < 1.29 is 14.7 Å². The van der Waals surface area contributed by atoms with Crippen LogP contribution in [0.5, 0.6) is 0 Å². The van der Waals surface area contributed by atoms with E-state index in [1.807, 2.05) is 31.2 Å². The fourth-order valence-corrected chi connectivity index (χ4v) is 4.14. The van der Waals surface area contributed by atoms with Crippen molar-refractivity contribution in [2.24, 2.45) is 0 Å². The van der Waals surface area contributed by atoms with E-state index < -0.39 is 17.7 Å². The number of anilines is 1. The van der Waals surface area contributed by atoms with Gasteiger partial charge in [0.05, 0.1) is 11.6 Å². The highest BCUT2D eigenvalue weighted by Gasteiger charge is 2.45. The number of aliphatic hydroxyl groups is 1. The van der Waals surface area contributed by atoms with E-state index in [0.717, 1.165) is 24.3 Å². The van der Waals surface area contributed by atoms with Crippen molar-refractivity contribution in [1.82, 2.24) is 4.90 Å². The third-order valence-corrected chi connectivity index (χ3v) is 5.68. The van der Waals surface area contributed by atoms with Crippen LogP contribution < -0.4 is 4.90 Å². The molecule has 1 aliphatic heterocycles. The molecular weight excluding hydrogens is 400 g/mol. The lowest BCUT2D eigenvalue weighted by atomic mass is 9.95. The Kier molecular flexibility index (Phi) is 6.83. The number of ketones is 1. The van der Waals surface area contributed by atoms with Gasteiger partial charge in [-0.2, -0.15) is 0 Å². The summed E-state index contributed by atoms with van der Waals surface area (Å²) in [6.07, 6.45) is 0.707. The molecule has 0 aromatic heterocycles. The zero-order valence-corrected chi connectivity index (χ0v) is 18.3. The Morgan fingerprint density at radius 2 is 1.73 bits per heavy atom. The first-order valence-electron chi connectivity index (χ1n) is 10.3. The predicted octanol–water partition coefficient (Wildman–Crippen LogP) is 5.02. The summed E-state index contributed by atoms with van der Waals surface area (Å²) in [4.78, 5) is 29.4. The zero-order valence-electron chi connectivity index (χ0n) is 17.6. The van der Waals surface area contributed by atoms with Gasteiger partial charge in [-0.3, -0.25) is 9.59 Å². The Labute approximate surface area is 182 Å². The lowest BCUT2D eigenvalue weighted by molar-refractivity contribution is -0.139. The van der Waals surface area contributed by atoms with Gasteiger partial charge in [0, 0.05) is 35.9 Å². The molecule has 0 bridgehead atoms. The van der Waals surface area contributed by atoms with E-state index in [0.29, 0.717) is 23.6 Å². The van der Waals surface area contributed by atoms with Gasteiger partial charge in [0.15, 0.2) is 0 Å². The summed E-state index contributed by atoms with van der Waals surface area (Å²) in [6.45, 7) is 8.35. The summed E-state index contributed by atoms with van der Waals surface area (Å²) in [6, 6.07) is 13.9. The molecule has 1 heterocycles. The van der Waals surface area contributed by atoms with Gasteiger partial charge in [-0.15, -0.1) is 0 Å². The van der Waals surface area contributed by atoms with Crippen molar-refractivity contribution in [2.45, 2.75) is 33.2 Å². The number of nitrogens with zero attached hydrogens (tertiary/aromatic N) is 2. The number of carbonyl (C=O) groups excluding carboxylic acids is 2. The molecule has 5 nitrogen and oxygen atoms in total. The van der Waals surface area contributed by atoms with E-state index >= 15 is 0 Å². The van der Waals surface area contributed by atoms with Crippen LogP contribution in [0.1, 0.15) is 44.4 Å². The van der Waals surface area contributed by atoms with Crippen LogP contribution in [0.2, 0.25) is 5.02 Å². The van der Waals surface area contributed by atoms with Crippen molar-refractivity contribution in [3.05, 3.63) is 70.3 Å².